The van der Waals surface area contributed by atoms with Gasteiger partial charge in [0.05, 0.1) is 18.5 Å². The van der Waals surface area contributed by atoms with Crippen molar-refractivity contribution in [2.24, 2.45) is 0 Å². The van der Waals surface area contributed by atoms with Crippen LogP contribution in [0, 0.1) is 6.92 Å². The molecular formula is C16H22N6O. The number of hydrogen-bond donors (Lipinski definition) is 2. The van der Waals surface area contributed by atoms with Crippen LogP contribution in [-0.2, 0) is 0 Å². The Labute approximate surface area is 135 Å². The van der Waals surface area contributed by atoms with Gasteiger partial charge in [-0.3, -0.25) is 4.98 Å². The fourth-order valence-electron chi connectivity index (χ4n) is 3.00. The Morgan fingerprint density at radius 2 is 2.22 bits per heavy atom. The maximum absolute atomic E-state index is 9.14. The highest BCUT2D eigenvalue weighted by Gasteiger charge is 2.22. The van der Waals surface area contributed by atoms with Crippen LogP contribution < -0.4 is 5.32 Å². The standard InChI is InChI=1S/C16H22N6O/c1-12-19-14(13-3-2-6-22(11-13)7-8-23)9-15(20-12)21-16-10-17-4-5-18-16/h4-5,9-10,13,23H,2-3,6-8,11H2,1H3,(H,18,19,20,21)/t13-/m1/s1. The maximum atomic E-state index is 9.14. The van der Waals surface area contributed by atoms with Crippen LogP contribution in [0.4, 0.5) is 11.6 Å². The van der Waals surface area contributed by atoms with Crippen molar-refractivity contribution in [3.05, 3.63) is 36.2 Å². The second-order valence-electron chi connectivity index (χ2n) is 5.80. The predicted octanol–water partition coefficient (Wildman–Crippen LogP) is 1.49. The molecule has 1 fully saturated rings. The zero-order valence-electron chi connectivity index (χ0n) is 13.3. The van der Waals surface area contributed by atoms with E-state index in [9.17, 15) is 0 Å². The Hall–Kier alpha value is -2.12. The average molecular weight is 314 g/mol. The first-order valence-corrected chi connectivity index (χ1v) is 7.96. The minimum Gasteiger partial charge on any atom is -0.395 e. The molecule has 0 spiro atoms. The number of nitrogens with zero attached hydrogens (tertiary/aromatic N) is 5. The fourth-order valence-corrected chi connectivity index (χ4v) is 3.00. The second-order valence-corrected chi connectivity index (χ2v) is 5.80. The lowest BCUT2D eigenvalue weighted by atomic mass is 9.94. The second kappa shape index (κ2) is 7.43. The molecule has 1 aliphatic rings. The molecule has 0 bridgehead atoms. The van der Waals surface area contributed by atoms with Crippen molar-refractivity contribution >= 4 is 11.6 Å². The van der Waals surface area contributed by atoms with E-state index in [-0.39, 0.29) is 6.61 Å². The van der Waals surface area contributed by atoms with Gasteiger partial charge in [-0.25, -0.2) is 15.0 Å². The van der Waals surface area contributed by atoms with Crippen LogP contribution in [-0.4, -0.2) is 56.2 Å². The van der Waals surface area contributed by atoms with Crippen LogP contribution in [0.2, 0.25) is 0 Å². The monoisotopic (exact) mass is 314 g/mol. The summed E-state index contributed by atoms with van der Waals surface area (Å²) in [5, 5.41) is 12.3. The Morgan fingerprint density at radius 3 is 3.00 bits per heavy atom. The molecule has 2 aromatic rings. The van der Waals surface area contributed by atoms with Gasteiger partial charge in [0.25, 0.3) is 0 Å². The molecule has 0 aromatic carbocycles. The minimum atomic E-state index is 0.203. The molecular weight excluding hydrogens is 292 g/mol. The van der Waals surface area contributed by atoms with Crippen molar-refractivity contribution < 1.29 is 5.11 Å². The molecule has 2 aromatic heterocycles. The summed E-state index contributed by atoms with van der Waals surface area (Å²) in [4.78, 5) is 19.6. The highest BCUT2D eigenvalue weighted by atomic mass is 16.3. The van der Waals surface area contributed by atoms with E-state index in [1.165, 1.54) is 0 Å². The number of aliphatic hydroxyl groups is 1. The Morgan fingerprint density at radius 1 is 1.30 bits per heavy atom. The number of rotatable bonds is 5. The number of aliphatic hydroxyl groups excluding tert-OH is 1. The SMILES string of the molecule is Cc1nc(Nc2cnccn2)cc([C@@H]2CCCN(CCO)C2)n1. The van der Waals surface area contributed by atoms with Crippen LogP contribution in [0.15, 0.2) is 24.7 Å². The van der Waals surface area contributed by atoms with Crippen LogP contribution in [0.1, 0.15) is 30.3 Å². The topological polar surface area (TPSA) is 87.1 Å². The molecule has 122 valence electrons. The highest BCUT2D eigenvalue weighted by Crippen LogP contribution is 2.27. The van der Waals surface area contributed by atoms with E-state index in [0.717, 1.165) is 49.8 Å². The molecule has 3 heterocycles. The third-order valence-corrected chi connectivity index (χ3v) is 4.02. The van der Waals surface area contributed by atoms with Crippen LogP contribution >= 0.6 is 0 Å². The van der Waals surface area contributed by atoms with Crippen molar-refractivity contribution in [1.29, 1.82) is 0 Å². The fraction of sp³-hybridized carbons (Fsp3) is 0.500. The lowest BCUT2D eigenvalue weighted by molar-refractivity contribution is 0.160. The van der Waals surface area contributed by atoms with Crippen LogP contribution in [0.25, 0.3) is 0 Å². The first-order chi connectivity index (χ1) is 11.2. The van der Waals surface area contributed by atoms with Gasteiger partial charge < -0.3 is 15.3 Å². The van der Waals surface area contributed by atoms with E-state index in [2.05, 4.69) is 30.2 Å². The zero-order valence-corrected chi connectivity index (χ0v) is 13.3. The molecule has 3 rings (SSSR count). The van der Waals surface area contributed by atoms with Crippen molar-refractivity contribution in [2.75, 3.05) is 31.6 Å². The molecule has 1 atom stereocenters. The van der Waals surface area contributed by atoms with Gasteiger partial charge in [0.2, 0.25) is 0 Å². The van der Waals surface area contributed by atoms with Gasteiger partial charge in [-0.1, -0.05) is 0 Å². The number of piperidine rings is 1. The smallest absolute Gasteiger partial charge is 0.150 e. The summed E-state index contributed by atoms with van der Waals surface area (Å²) < 4.78 is 0. The van der Waals surface area contributed by atoms with E-state index in [1.807, 2.05) is 13.0 Å². The highest BCUT2D eigenvalue weighted by molar-refractivity contribution is 5.50. The van der Waals surface area contributed by atoms with Crippen molar-refractivity contribution in [1.82, 2.24) is 24.8 Å². The van der Waals surface area contributed by atoms with Crippen molar-refractivity contribution in [2.45, 2.75) is 25.7 Å². The van der Waals surface area contributed by atoms with Gasteiger partial charge in [-0.15, -0.1) is 0 Å². The van der Waals surface area contributed by atoms with Gasteiger partial charge in [0.15, 0.2) is 0 Å². The third kappa shape index (κ3) is 4.20. The minimum absolute atomic E-state index is 0.203. The van der Waals surface area contributed by atoms with E-state index in [0.29, 0.717) is 11.7 Å². The van der Waals surface area contributed by atoms with E-state index < -0.39 is 0 Å². The summed E-state index contributed by atoms with van der Waals surface area (Å²) in [6.45, 7) is 4.81. The van der Waals surface area contributed by atoms with Crippen molar-refractivity contribution in [3.8, 4) is 0 Å². The maximum Gasteiger partial charge on any atom is 0.150 e. The Bertz CT molecular complexity index is 634. The number of likely N-dealkylation sites (tertiary alicyclic amines) is 1. The van der Waals surface area contributed by atoms with Crippen molar-refractivity contribution in [3.63, 3.8) is 0 Å². The molecule has 0 unspecified atom stereocenters. The summed E-state index contributed by atoms with van der Waals surface area (Å²) in [6, 6.07) is 1.99. The van der Waals surface area contributed by atoms with Crippen LogP contribution in [0.3, 0.4) is 0 Å². The van der Waals surface area contributed by atoms with Gasteiger partial charge >= 0.3 is 0 Å². The molecule has 23 heavy (non-hydrogen) atoms. The lowest BCUT2D eigenvalue weighted by Crippen LogP contribution is -2.36. The molecule has 2 N–H and O–H groups in total. The molecule has 7 heteroatoms. The average Bonchev–Trinajstić information content (AvgIpc) is 2.56. The predicted molar refractivity (Wildman–Crippen MR) is 87.6 cm³/mol. The summed E-state index contributed by atoms with van der Waals surface area (Å²) >= 11 is 0. The molecule has 0 radical (unpaired) electrons. The molecule has 0 saturated carbocycles. The number of β-amino-alcohol motifs (C(OH)–C–C–N with tert-alkyl or cyclic N) is 1. The van der Waals surface area contributed by atoms with Gasteiger partial charge in [0, 0.05) is 37.5 Å². The molecule has 0 amide bonds. The molecule has 7 nitrogen and oxygen atoms in total. The number of aryl methyl sites for hydroxylation is 1. The van der Waals surface area contributed by atoms with Gasteiger partial charge in [-0.05, 0) is 26.3 Å². The summed E-state index contributed by atoms with van der Waals surface area (Å²) in [5.74, 6) is 2.53. The summed E-state index contributed by atoms with van der Waals surface area (Å²) in [7, 11) is 0. The molecule has 1 aliphatic heterocycles. The third-order valence-electron chi connectivity index (χ3n) is 4.02. The Balaban J connectivity index is 1.77. The normalized spacial score (nSPS) is 18.8. The largest absolute Gasteiger partial charge is 0.395 e. The van der Waals surface area contributed by atoms with Gasteiger partial charge in [0.1, 0.15) is 17.5 Å². The summed E-state index contributed by atoms with van der Waals surface area (Å²) in [6.07, 6.45) is 7.19. The number of hydrogen-bond acceptors (Lipinski definition) is 7. The Kier molecular flexibility index (Phi) is 5.09. The van der Waals surface area contributed by atoms with Gasteiger partial charge in [-0.2, -0.15) is 0 Å². The molecule has 1 saturated heterocycles. The molecule has 0 aliphatic carbocycles. The number of aromatic nitrogens is 4. The van der Waals surface area contributed by atoms with E-state index in [4.69, 9.17) is 5.11 Å². The zero-order chi connectivity index (χ0) is 16.1. The lowest BCUT2D eigenvalue weighted by Gasteiger charge is -2.32. The summed E-state index contributed by atoms with van der Waals surface area (Å²) in [5.41, 5.74) is 1.05. The first-order valence-electron chi connectivity index (χ1n) is 7.96. The van der Waals surface area contributed by atoms with Crippen LogP contribution in [0.5, 0.6) is 0 Å². The van der Waals surface area contributed by atoms with E-state index >= 15 is 0 Å². The quantitative estimate of drug-likeness (QED) is 0.864. The number of nitrogens with one attached hydrogen (secondary N) is 1. The van der Waals surface area contributed by atoms with E-state index in [1.54, 1.807) is 18.6 Å². The number of anilines is 2. The first kappa shape index (κ1) is 15.8.